The van der Waals surface area contributed by atoms with Crippen LogP contribution in [0.5, 0.6) is 0 Å². The van der Waals surface area contributed by atoms with Crippen molar-refractivity contribution in [3.05, 3.63) is 95.8 Å². The van der Waals surface area contributed by atoms with Gasteiger partial charge in [-0.2, -0.15) is 0 Å². The standard InChI is InChI=1S/C26H27FN2O3S/c1-18(22-15-8-9-16-23(22)27)28-24-29-33(30,31)26(4,25(2,3)32-24)21-14-10-13-20(17-21)19-11-6-5-7-12-19/h5-18H,1-4H3,(H,28,29)/t18-,26?/m0/s1. The van der Waals surface area contributed by atoms with E-state index in [-0.39, 0.29) is 6.02 Å². The van der Waals surface area contributed by atoms with Crippen molar-refractivity contribution in [2.45, 2.75) is 44.1 Å². The molecular formula is C26H27FN2O3S. The molecule has 1 fully saturated rings. The van der Waals surface area contributed by atoms with Crippen molar-refractivity contribution in [2.24, 2.45) is 4.99 Å². The first-order valence-corrected chi connectivity index (χ1v) is 12.2. The Morgan fingerprint density at radius 3 is 2.21 bits per heavy atom. The number of sulfonamides is 1. The van der Waals surface area contributed by atoms with Crippen LogP contribution in [0.15, 0.2) is 83.9 Å². The van der Waals surface area contributed by atoms with E-state index in [1.165, 1.54) is 6.07 Å². The second-order valence-electron chi connectivity index (χ2n) is 8.83. The van der Waals surface area contributed by atoms with Gasteiger partial charge in [0.15, 0.2) is 4.75 Å². The third kappa shape index (κ3) is 4.02. The molecule has 3 aromatic carbocycles. The van der Waals surface area contributed by atoms with E-state index in [9.17, 15) is 12.8 Å². The van der Waals surface area contributed by atoms with Crippen LogP contribution in [0.4, 0.5) is 4.39 Å². The molecule has 0 aromatic heterocycles. The topological polar surface area (TPSA) is 67.8 Å². The van der Waals surface area contributed by atoms with Gasteiger partial charge >= 0.3 is 0 Å². The lowest BCUT2D eigenvalue weighted by molar-refractivity contribution is 0.0384. The number of amidine groups is 1. The van der Waals surface area contributed by atoms with Gasteiger partial charge in [-0.1, -0.05) is 66.7 Å². The minimum atomic E-state index is -3.97. The highest BCUT2D eigenvalue weighted by atomic mass is 32.2. The van der Waals surface area contributed by atoms with Crippen molar-refractivity contribution in [1.29, 1.82) is 0 Å². The molecule has 7 heteroatoms. The van der Waals surface area contributed by atoms with Gasteiger partial charge in [-0.3, -0.25) is 0 Å². The molecule has 4 rings (SSSR count). The lowest BCUT2D eigenvalue weighted by Crippen LogP contribution is -2.63. The Labute approximate surface area is 194 Å². The summed E-state index contributed by atoms with van der Waals surface area (Å²) in [7, 11) is -3.97. The van der Waals surface area contributed by atoms with Gasteiger partial charge in [0.25, 0.3) is 6.02 Å². The summed E-state index contributed by atoms with van der Waals surface area (Å²) in [6.07, 6.45) is 0. The average molecular weight is 467 g/mol. The summed E-state index contributed by atoms with van der Waals surface area (Å²) in [4.78, 5) is 4.35. The molecule has 0 radical (unpaired) electrons. The van der Waals surface area contributed by atoms with Crippen LogP contribution < -0.4 is 4.72 Å². The Bertz CT molecular complexity index is 1310. The van der Waals surface area contributed by atoms with Crippen LogP contribution in [0.1, 0.15) is 44.9 Å². The van der Waals surface area contributed by atoms with Gasteiger partial charge in [0.1, 0.15) is 11.4 Å². The molecule has 3 aromatic rings. The molecule has 1 unspecified atom stereocenters. The Balaban J connectivity index is 1.73. The van der Waals surface area contributed by atoms with E-state index in [1.54, 1.807) is 52.0 Å². The van der Waals surface area contributed by atoms with Crippen molar-refractivity contribution >= 4 is 16.0 Å². The number of hydrogen-bond acceptors (Lipinski definition) is 4. The number of hydrogen-bond donors (Lipinski definition) is 1. The Kier molecular flexibility index (Phi) is 5.78. The summed E-state index contributed by atoms with van der Waals surface area (Å²) in [5.74, 6) is -0.408. The van der Waals surface area contributed by atoms with Gasteiger partial charge in [0, 0.05) is 5.56 Å². The first-order chi connectivity index (χ1) is 15.5. The maximum Gasteiger partial charge on any atom is 0.299 e. The lowest BCUT2D eigenvalue weighted by atomic mass is 9.83. The maximum atomic E-state index is 14.2. The third-order valence-electron chi connectivity index (χ3n) is 6.45. The van der Waals surface area contributed by atoms with Crippen LogP contribution in [-0.4, -0.2) is 20.0 Å². The largest absolute Gasteiger partial charge is 0.456 e. The van der Waals surface area contributed by atoms with Crippen molar-refractivity contribution in [1.82, 2.24) is 4.72 Å². The van der Waals surface area contributed by atoms with E-state index >= 15 is 0 Å². The molecule has 2 atom stereocenters. The molecule has 172 valence electrons. The van der Waals surface area contributed by atoms with Crippen LogP contribution >= 0.6 is 0 Å². The quantitative estimate of drug-likeness (QED) is 0.548. The zero-order valence-corrected chi connectivity index (χ0v) is 19.9. The number of nitrogens with one attached hydrogen (secondary N) is 1. The summed E-state index contributed by atoms with van der Waals surface area (Å²) in [5, 5.41) is 0. The van der Waals surface area contributed by atoms with E-state index in [0.717, 1.165) is 11.1 Å². The number of rotatable bonds is 4. The number of ether oxygens (including phenoxy) is 1. The predicted octanol–water partition coefficient (Wildman–Crippen LogP) is 5.55. The van der Waals surface area contributed by atoms with Gasteiger partial charge < -0.3 is 4.74 Å². The van der Waals surface area contributed by atoms with E-state index in [4.69, 9.17) is 4.74 Å². The SMILES string of the molecule is C[C@H](N=C1NS(=O)(=O)C(C)(c2cccc(-c3ccccc3)c2)C(C)(C)O1)c1ccccc1F. The van der Waals surface area contributed by atoms with Gasteiger partial charge in [0.05, 0.1) is 6.04 Å². The van der Waals surface area contributed by atoms with Crippen LogP contribution in [0.2, 0.25) is 0 Å². The summed E-state index contributed by atoms with van der Waals surface area (Å²) < 4.78 is 48.6. The van der Waals surface area contributed by atoms with Crippen molar-refractivity contribution < 1.29 is 17.5 Å². The molecule has 33 heavy (non-hydrogen) atoms. The summed E-state index contributed by atoms with van der Waals surface area (Å²) in [5.41, 5.74) is 1.69. The average Bonchev–Trinajstić information content (AvgIpc) is 2.78. The third-order valence-corrected chi connectivity index (χ3v) is 8.69. The van der Waals surface area contributed by atoms with Gasteiger partial charge in [-0.15, -0.1) is 0 Å². The molecule has 0 saturated carbocycles. The van der Waals surface area contributed by atoms with Crippen molar-refractivity contribution in [2.75, 3.05) is 0 Å². The molecule has 1 aliphatic heterocycles. The van der Waals surface area contributed by atoms with Gasteiger partial charge in [0.2, 0.25) is 10.0 Å². The summed E-state index contributed by atoms with van der Waals surface area (Å²) in [6, 6.07) is 22.7. The highest BCUT2D eigenvalue weighted by Crippen LogP contribution is 2.45. The number of nitrogens with zero attached hydrogens (tertiary/aromatic N) is 1. The van der Waals surface area contributed by atoms with Crippen LogP contribution in [-0.2, 0) is 19.5 Å². The fourth-order valence-corrected chi connectivity index (χ4v) is 5.80. The monoisotopic (exact) mass is 466 g/mol. The maximum absolute atomic E-state index is 14.2. The van der Waals surface area contributed by atoms with Crippen LogP contribution in [0.3, 0.4) is 0 Å². The summed E-state index contributed by atoms with van der Waals surface area (Å²) >= 11 is 0. The smallest absolute Gasteiger partial charge is 0.299 e. The lowest BCUT2D eigenvalue weighted by Gasteiger charge is -2.47. The van der Waals surface area contributed by atoms with Crippen molar-refractivity contribution in [3.8, 4) is 11.1 Å². The first kappa shape index (κ1) is 23.0. The van der Waals surface area contributed by atoms with Crippen LogP contribution in [0.25, 0.3) is 11.1 Å². The molecule has 1 saturated heterocycles. The van der Waals surface area contributed by atoms with Crippen LogP contribution in [0, 0.1) is 5.82 Å². The number of halogens is 1. The predicted molar refractivity (Wildman–Crippen MR) is 129 cm³/mol. The highest BCUT2D eigenvalue weighted by molar-refractivity contribution is 7.91. The molecule has 1 heterocycles. The molecule has 0 bridgehead atoms. The Morgan fingerprint density at radius 1 is 0.909 bits per heavy atom. The zero-order chi connectivity index (χ0) is 23.9. The minimum Gasteiger partial charge on any atom is -0.456 e. The Hall–Kier alpha value is -3.19. The van der Waals surface area contributed by atoms with Gasteiger partial charge in [-0.05, 0) is 56.5 Å². The van der Waals surface area contributed by atoms with E-state index in [1.807, 2.05) is 48.5 Å². The van der Waals surface area contributed by atoms with E-state index < -0.39 is 32.2 Å². The normalized spacial score (nSPS) is 23.4. The summed E-state index contributed by atoms with van der Waals surface area (Å²) in [6.45, 7) is 6.79. The van der Waals surface area contributed by atoms with E-state index in [2.05, 4.69) is 9.71 Å². The van der Waals surface area contributed by atoms with E-state index in [0.29, 0.717) is 11.1 Å². The highest BCUT2D eigenvalue weighted by Gasteiger charge is 2.59. The molecule has 0 spiro atoms. The second kappa shape index (κ2) is 8.30. The molecule has 5 nitrogen and oxygen atoms in total. The molecule has 1 aliphatic rings. The molecule has 0 amide bonds. The fourth-order valence-electron chi connectivity index (χ4n) is 4.14. The molecule has 1 N–H and O–H groups in total. The van der Waals surface area contributed by atoms with Crippen molar-refractivity contribution in [3.63, 3.8) is 0 Å². The van der Waals surface area contributed by atoms with Gasteiger partial charge in [-0.25, -0.2) is 22.5 Å². The molecule has 0 aliphatic carbocycles. The zero-order valence-electron chi connectivity index (χ0n) is 19.0. The fraction of sp³-hybridized carbons (Fsp3) is 0.269. The number of aliphatic imine (C=N–C) groups is 1. The first-order valence-electron chi connectivity index (χ1n) is 10.7. The Morgan fingerprint density at radius 2 is 1.55 bits per heavy atom. The second-order valence-corrected chi connectivity index (χ2v) is 10.9. The number of benzene rings is 3. The minimum absolute atomic E-state index is 0.146. The molecular weight excluding hydrogens is 439 g/mol.